The Bertz CT molecular complexity index is 1480. The Morgan fingerprint density at radius 1 is 0.976 bits per heavy atom. The van der Waals surface area contributed by atoms with Gasteiger partial charge < -0.3 is 15.0 Å². The number of benzene rings is 3. The van der Waals surface area contributed by atoms with Gasteiger partial charge in [-0.2, -0.15) is 0 Å². The summed E-state index contributed by atoms with van der Waals surface area (Å²) >= 11 is 6.17. The molecule has 2 amide bonds. The number of anilines is 1. The van der Waals surface area contributed by atoms with Crippen molar-refractivity contribution < 1.29 is 22.7 Å². The Kier molecular flexibility index (Phi) is 10.1. The van der Waals surface area contributed by atoms with Gasteiger partial charge in [0.05, 0.1) is 17.7 Å². The number of carbonyl (C=O) groups excluding carboxylic acids is 2. The van der Waals surface area contributed by atoms with Crippen LogP contribution in [-0.2, 0) is 26.2 Å². The molecule has 3 aromatic rings. The van der Waals surface area contributed by atoms with Crippen molar-refractivity contribution in [3.63, 3.8) is 0 Å². The number of carbonyl (C=O) groups is 2. The first-order chi connectivity index (χ1) is 19.1. The molecule has 3 rings (SSSR count). The summed E-state index contributed by atoms with van der Waals surface area (Å²) in [7, 11) is -2.60. The fourth-order valence-electron chi connectivity index (χ4n) is 4.23. The summed E-state index contributed by atoms with van der Waals surface area (Å²) < 4.78 is 34.3. The second kappa shape index (κ2) is 13.0. The van der Waals surface area contributed by atoms with Crippen LogP contribution in [0.25, 0.3) is 0 Å². The smallest absolute Gasteiger partial charge is 0.264 e. The molecular formula is C31H38ClN3O5S. The maximum absolute atomic E-state index is 14.1. The Morgan fingerprint density at radius 3 is 2.12 bits per heavy atom. The molecule has 0 radical (unpaired) electrons. The minimum atomic E-state index is -4.17. The van der Waals surface area contributed by atoms with E-state index in [4.69, 9.17) is 16.3 Å². The first-order valence-electron chi connectivity index (χ1n) is 13.2. The second-order valence-corrected chi connectivity index (χ2v) is 13.3. The molecular weight excluding hydrogens is 562 g/mol. The molecule has 0 fully saturated rings. The Hall–Kier alpha value is -3.56. The van der Waals surface area contributed by atoms with Gasteiger partial charge in [0.2, 0.25) is 11.8 Å². The van der Waals surface area contributed by atoms with Gasteiger partial charge in [-0.05, 0) is 95.1 Å². The van der Waals surface area contributed by atoms with Crippen LogP contribution in [0.5, 0.6) is 5.75 Å². The number of aryl methyl sites for hydroxylation is 2. The van der Waals surface area contributed by atoms with Gasteiger partial charge >= 0.3 is 0 Å². The zero-order valence-electron chi connectivity index (χ0n) is 24.6. The molecule has 0 spiro atoms. The maximum atomic E-state index is 14.1. The van der Waals surface area contributed by atoms with E-state index in [1.165, 1.54) is 17.0 Å². The highest BCUT2D eigenvalue weighted by molar-refractivity contribution is 7.92. The minimum absolute atomic E-state index is 0.0467. The normalized spacial score (nSPS) is 12.4. The van der Waals surface area contributed by atoms with Gasteiger partial charge in [-0.15, -0.1) is 0 Å². The lowest BCUT2D eigenvalue weighted by Gasteiger charge is -2.34. The van der Waals surface area contributed by atoms with Gasteiger partial charge in [0.25, 0.3) is 10.0 Å². The SMILES string of the molecule is COc1ccc(CN(C(=O)CN(c2ccc(Cl)cc2C)S(=O)(=O)c2ccc(C)cc2)[C@H](C)C(=O)NC(C)(C)C)cc1. The fraction of sp³-hybridized carbons (Fsp3) is 0.355. The zero-order chi connectivity index (χ0) is 30.5. The predicted octanol–water partition coefficient (Wildman–Crippen LogP) is 5.49. The minimum Gasteiger partial charge on any atom is -0.497 e. The van der Waals surface area contributed by atoms with Crippen molar-refractivity contribution in [3.8, 4) is 5.75 Å². The summed E-state index contributed by atoms with van der Waals surface area (Å²) in [5, 5.41) is 3.36. The van der Waals surface area contributed by atoms with Crippen LogP contribution in [0.1, 0.15) is 44.4 Å². The molecule has 0 aliphatic carbocycles. The van der Waals surface area contributed by atoms with E-state index in [1.54, 1.807) is 75.6 Å². The number of nitrogens with zero attached hydrogens (tertiary/aromatic N) is 2. The van der Waals surface area contributed by atoms with Crippen LogP contribution in [0, 0.1) is 13.8 Å². The lowest BCUT2D eigenvalue weighted by atomic mass is 10.1. The van der Waals surface area contributed by atoms with Gasteiger partial charge in [-0.25, -0.2) is 8.42 Å². The Labute approximate surface area is 248 Å². The molecule has 0 saturated heterocycles. The molecule has 0 heterocycles. The van der Waals surface area contributed by atoms with E-state index in [-0.39, 0.29) is 17.3 Å². The summed E-state index contributed by atoms with van der Waals surface area (Å²) in [6, 6.07) is 17.5. The third-order valence-corrected chi connectivity index (χ3v) is 8.50. The number of hydrogen-bond donors (Lipinski definition) is 1. The summed E-state index contributed by atoms with van der Waals surface area (Å²) in [5.41, 5.74) is 2.03. The van der Waals surface area contributed by atoms with Crippen LogP contribution in [0.3, 0.4) is 0 Å². The lowest BCUT2D eigenvalue weighted by Crippen LogP contribution is -2.54. The highest BCUT2D eigenvalue weighted by atomic mass is 35.5. The number of sulfonamides is 1. The summed E-state index contributed by atoms with van der Waals surface area (Å²) in [4.78, 5) is 28.7. The van der Waals surface area contributed by atoms with E-state index in [0.29, 0.717) is 22.0 Å². The van der Waals surface area contributed by atoms with Gasteiger partial charge in [0.15, 0.2) is 0 Å². The molecule has 10 heteroatoms. The third kappa shape index (κ3) is 8.24. The highest BCUT2D eigenvalue weighted by Gasteiger charge is 2.34. The Morgan fingerprint density at radius 2 is 1.59 bits per heavy atom. The first kappa shape index (κ1) is 32.0. The van der Waals surface area contributed by atoms with Gasteiger partial charge in [0.1, 0.15) is 18.3 Å². The lowest BCUT2D eigenvalue weighted by molar-refractivity contribution is -0.140. The standard InChI is InChI=1S/C31H38ClN3O5S/c1-21-8-15-27(16-9-21)41(38,39)35(28-17-12-25(32)18-22(28)2)20-29(36)34(23(3)30(37)33-31(4,5)6)19-24-10-13-26(40-7)14-11-24/h8-18,23H,19-20H2,1-7H3,(H,33,37)/t23-/m1/s1. The maximum Gasteiger partial charge on any atom is 0.264 e. The largest absolute Gasteiger partial charge is 0.497 e. The number of halogens is 1. The van der Waals surface area contributed by atoms with Crippen LogP contribution in [-0.4, -0.2) is 50.4 Å². The second-order valence-electron chi connectivity index (χ2n) is 11.0. The van der Waals surface area contributed by atoms with Crippen molar-refractivity contribution in [1.82, 2.24) is 10.2 Å². The van der Waals surface area contributed by atoms with Crippen LogP contribution >= 0.6 is 11.6 Å². The van der Waals surface area contributed by atoms with Gasteiger partial charge in [-0.3, -0.25) is 13.9 Å². The summed E-state index contributed by atoms with van der Waals surface area (Å²) in [6.07, 6.45) is 0. The predicted molar refractivity (Wildman–Crippen MR) is 163 cm³/mol. The fourth-order valence-corrected chi connectivity index (χ4v) is 5.94. The molecule has 1 atom stereocenters. The molecule has 0 unspecified atom stereocenters. The number of amides is 2. The van der Waals surface area contributed by atoms with Crippen molar-refractivity contribution in [3.05, 3.63) is 88.4 Å². The molecule has 0 saturated carbocycles. The molecule has 1 N–H and O–H groups in total. The summed E-state index contributed by atoms with van der Waals surface area (Å²) in [5.74, 6) is -0.240. The topological polar surface area (TPSA) is 96.0 Å². The third-order valence-electron chi connectivity index (χ3n) is 6.49. The van der Waals surface area contributed by atoms with E-state index >= 15 is 0 Å². The van der Waals surface area contributed by atoms with E-state index in [1.807, 2.05) is 27.7 Å². The van der Waals surface area contributed by atoms with Crippen LogP contribution in [0.15, 0.2) is 71.6 Å². The van der Waals surface area contributed by atoms with Crippen LogP contribution in [0.2, 0.25) is 5.02 Å². The van der Waals surface area contributed by atoms with Crippen molar-refractivity contribution in [1.29, 1.82) is 0 Å². The zero-order valence-corrected chi connectivity index (χ0v) is 26.1. The molecule has 0 bridgehead atoms. The van der Waals surface area contributed by atoms with E-state index in [2.05, 4.69) is 5.32 Å². The quantitative estimate of drug-likeness (QED) is 0.332. The number of rotatable bonds is 10. The number of hydrogen-bond acceptors (Lipinski definition) is 5. The van der Waals surface area contributed by atoms with Crippen LogP contribution < -0.4 is 14.4 Å². The number of nitrogens with one attached hydrogen (secondary N) is 1. The van der Waals surface area contributed by atoms with Crippen LogP contribution in [0.4, 0.5) is 5.69 Å². The molecule has 0 aromatic heterocycles. The number of methoxy groups -OCH3 is 1. The number of ether oxygens (including phenoxy) is 1. The van der Waals surface area contributed by atoms with Gasteiger partial charge in [0, 0.05) is 17.1 Å². The highest BCUT2D eigenvalue weighted by Crippen LogP contribution is 2.29. The van der Waals surface area contributed by atoms with Crippen molar-refractivity contribution in [2.45, 2.75) is 64.6 Å². The van der Waals surface area contributed by atoms with Gasteiger partial charge in [-0.1, -0.05) is 41.4 Å². The monoisotopic (exact) mass is 599 g/mol. The van der Waals surface area contributed by atoms with E-state index in [9.17, 15) is 18.0 Å². The van der Waals surface area contributed by atoms with Crippen molar-refractivity contribution in [2.75, 3.05) is 18.0 Å². The van der Waals surface area contributed by atoms with E-state index < -0.39 is 34.1 Å². The molecule has 3 aromatic carbocycles. The Balaban J connectivity index is 2.06. The summed E-state index contributed by atoms with van der Waals surface area (Å²) in [6.45, 7) is 10.3. The molecule has 220 valence electrons. The molecule has 41 heavy (non-hydrogen) atoms. The average Bonchev–Trinajstić information content (AvgIpc) is 2.90. The molecule has 0 aliphatic rings. The van der Waals surface area contributed by atoms with Crippen molar-refractivity contribution >= 4 is 39.1 Å². The molecule has 8 nitrogen and oxygen atoms in total. The first-order valence-corrected chi connectivity index (χ1v) is 15.0. The molecule has 0 aliphatic heterocycles. The average molecular weight is 600 g/mol. The van der Waals surface area contributed by atoms with E-state index in [0.717, 1.165) is 15.4 Å². The van der Waals surface area contributed by atoms with Crippen molar-refractivity contribution in [2.24, 2.45) is 0 Å².